The molecule has 1 aromatic heterocycles. The molecule has 6 heteroatoms. The van der Waals surface area contributed by atoms with E-state index in [1.165, 1.54) is 5.56 Å². The molecular weight excluding hydrogens is 342 g/mol. The van der Waals surface area contributed by atoms with Gasteiger partial charge in [0, 0.05) is 17.4 Å². The van der Waals surface area contributed by atoms with Crippen LogP contribution >= 0.6 is 0 Å². The molecule has 27 heavy (non-hydrogen) atoms. The summed E-state index contributed by atoms with van der Waals surface area (Å²) in [7, 11) is 1.62. The van der Waals surface area contributed by atoms with Crippen molar-refractivity contribution in [2.24, 2.45) is 0 Å². The van der Waals surface area contributed by atoms with Gasteiger partial charge in [-0.25, -0.2) is 9.97 Å². The van der Waals surface area contributed by atoms with Gasteiger partial charge < -0.3 is 19.5 Å². The van der Waals surface area contributed by atoms with Crippen molar-refractivity contribution in [2.75, 3.05) is 25.6 Å². The first-order valence-corrected chi connectivity index (χ1v) is 8.94. The van der Waals surface area contributed by atoms with Crippen LogP contribution in [0.2, 0.25) is 0 Å². The number of nitrogens with zero attached hydrogens (tertiary/aromatic N) is 2. The Labute approximate surface area is 158 Å². The van der Waals surface area contributed by atoms with Crippen LogP contribution in [0.25, 0.3) is 11.3 Å². The third-order valence-corrected chi connectivity index (χ3v) is 4.37. The van der Waals surface area contributed by atoms with E-state index < -0.39 is 0 Å². The van der Waals surface area contributed by atoms with Gasteiger partial charge in [-0.1, -0.05) is 19.1 Å². The maximum Gasteiger partial charge on any atom is 0.227 e. The van der Waals surface area contributed by atoms with Crippen molar-refractivity contribution < 1.29 is 14.2 Å². The van der Waals surface area contributed by atoms with Crippen LogP contribution in [0.5, 0.6) is 17.2 Å². The summed E-state index contributed by atoms with van der Waals surface area (Å²) in [6.07, 6.45) is 2.71. The maximum atomic E-state index is 5.72. The molecule has 2 heterocycles. The third-order valence-electron chi connectivity index (χ3n) is 4.37. The number of hydrogen-bond acceptors (Lipinski definition) is 6. The Balaban J connectivity index is 1.66. The van der Waals surface area contributed by atoms with E-state index in [-0.39, 0.29) is 0 Å². The number of anilines is 2. The van der Waals surface area contributed by atoms with E-state index in [1.807, 2.05) is 30.3 Å². The molecule has 0 fully saturated rings. The molecule has 138 valence electrons. The Morgan fingerprint density at radius 3 is 2.85 bits per heavy atom. The average molecular weight is 363 g/mol. The molecule has 6 nitrogen and oxygen atoms in total. The van der Waals surface area contributed by atoms with Crippen molar-refractivity contribution in [2.45, 2.75) is 13.3 Å². The van der Waals surface area contributed by atoms with E-state index in [0.29, 0.717) is 36.4 Å². The van der Waals surface area contributed by atoms with Crippen LogP contribution in [0.4, 0.5) is 11.6 Å². The first kappa shape index (κ1) is 17.1. The fourth-order valence-electron chi connectivity index (χ4n) is 3.00. The molecule has 2 aromatic carbocycles. The SMILES string of the molecule is CCc1cccc(Nc2nccc(-c3cc(OC)c4c(c3)OCCO4)n2)c1. The maximum absolute atomic E-state index is 5.72. The summed E-state index contributed by atoms with van der Waals surface area (Å²) in [5.74, 6) is 2.47. The van der Waals surface area contributed by atoms with Crippen molar-refractivity contribution >= 4 is 11.6 Å². The van der Waals surface area contributed by atoms with E-state index in [0.717, 1.165) is 23.4 Å². The minimum absolute atomic E-state index is 0.515. The number of fused-ring (bicyclic) bond motifs is 1. The summed E-state index contributed by atoms with van der Waals surface area (Å²) in [6.45, 7) is 3.16. The molecule has 4 rings (SSSR count). The molecule has 1 aliphatic heterocycles. The lowest BCUT2D eigenvalue weighted by Gasteiger charge is -2.21. The molecule has 0 aliphatic carbocycles. The van der Waals surface area contributed by atoms with Crippen molar-refractivity contribution in [3.63, 3.8) is 0 Å². The first-order chi connectivity index (χ1) is 13.3. The topological polar surface area (TPSA) is 65.5 Å². The number of aromatic nitrogens is 2. The molecule has 1 aliphatic rings. The van der Waals surface area contributed by atoms with E-state index in [9.17, 15) is 0 Å². The zero-order chi connectivity index (χ0) is 18.6. The average Bonchev–Trinajstić information content (AvgIpc) is 2.73. The lowest BCUT2D eigenvalue weighted by Crippen LogP contribution is -2.16. The zero-order valence-corrected chi connectivity index (χ0v) is 15.4. The first-order valence-electron chi connectivity index (χ1n) is 8.94. The normalized spacial score (nSPS) is 12.5. The second-order valence-corrected chi connectivity index (χ2v) is 6.15. The lowest BCUT2D eigenvalue weighted by molar-refractivity contribution is 0.165. The Morgan fingerprint density at radius 1 is 1.11 bits per heavy atom. The number of ether oxygens (including phenoxy) is 3. The molecule has 0 saturated carbocycles. The van der Waals surface area contributed by atoms with Crippen LogP contribution in [-0.4, -0.2) is 30.3 Å². The Kier molecular flexibility index (Phi) is 4.78. The summed E-state index contributed by atoms with van der Waals surface area (Å²) in [5.41, 5.74) is 3.87. The van der Waals surface area contributed by atoms with Crippen molar-refractivity contribution in [3.05, 3.63) is 54.2 Å². The molecule has 0 unspecified atom stereocenters. The molecular formula is C21H21N3O3. The number of rotatable bonds is 5. The summed E-state index contributed by atoms with van der Waals surface area (Å²) in [5, 5.41) is 3.27. The van der Waals surface area contributed by atoms with E-state index in [1.54, 1.807) is 13.3 Å². The van der Waals surface area contributed by atoms with E-state index in [2.05, 4.69) is 34.3 Å². The number of methoxy groups -OCH3 is 1. The van der Waals surface area contributed by atoms with Gasteiger partial charge in [0.25, 0.3) is 0 Å². The quantitative estimate of drug-likeness (QED) is 0.732. The van der Waals surface area contributed by atoms with Gasteiger partial charge in [0.1, 0.15) is 13.2 Å². The highest BCUT2D eigenvalue weighted by atomic mass is 16.6. The molecule has 3 aromatic rings. The summed E-state index contributed by atoms with van der Waals surface area (Å²) >= 11 is 0. The summed E-state index contributed by atoms with van der Waals surface area (Å²) in [6, 6.07) is 13.9. The van der Waals surface area contributed by atoms with Crippen LogP contribution in [-0.2, 0) is 6.42 Å². The van der Waals surface area contributed by atoms with Gasteiger partial charge in [-0.15, -0.1) is 0 Å². The van der Waals surface area contributed by atoms with Crippen molar-refractivity contribution in [1.82, 2.24) is 9.97 Å². The van der Waals surface area contributed by atoms with Gasteiger partial charge in [-0.05, 0) is 42.3 Å². The van der Waals surface area contributed by atoms with Crippen LogP contribution in [0.1, 0.15) is 12.5 Å². The molecule has 0 radical (unpaired) electrons. The predicted octanol–water partition coefficient (Wildman–Crippen LogP) is 4.23. The molecule has 0 bridgehead atoms. The van der Waals surface area contributed by atoms with Gasteiger partial charge in [0.2, 0.25) is 11.7 Å². The summed E-state index contributed by atoms with van der Waals surface area (Å²) in [4.78, 5) is 8.98. The Morgan fingerprint density at radius 2 is 2.00 bits per heavy atom. The van der Waals surface area contributed by atoms with Crippen molar-refractivity contribution in [3.8, 4) is 28.5 Å². The predicted molar refractivity (Wildman–Crippen MR) is 104 cm³/mol. The second-order valence-electron chi connectivity index (χ2n) is 6.15. The molecule has 0 atom stereocenters. The smallest absolute Gasteiger partial charge is 0.227 e. The highest BCUT2D eigenvalue weighted by molar-refractivity contribution is 5.70. The molecule has 0 saturated heterocycles. The largest absolute Gasteiger partial charge is 0.493 e. The fraction of sp³-hybridized carbons (Fsp3) is 0.238. The number of hydrogen-bond donors (Lipinski definition) is 1. The van der Waals surface area contributed by atoms with Gasteiger partial charge in [0.15, 0.2) is 11.5 Å². The van der Waals surface area contributed by atoms with Crippen LogP contribution < -0.4 is 19.5 Å². The standard InChI is InChI=1S/C21H21N3O3/c1-3-14-5-4-6-16(11-14)23-21-22-8-7-17(24-21)15-12-18(25-2)20-19(13-15)26-9-10-27-20/h4-8,11-13H,3,9-10H2,1-2H3,(H,22,23,24). The molecule has 1 N–H and O–H groups in total. The monoisotopic (exact) mass is 363 g/mol. The number of nitrogens with one attached hydrogen (secondary N) is 1. The lowest BCUT2D eigenvalue weighted by atomic mass is 10.1. The Bertz CT molecular complexity index is 942. The van der Waals surface area contributed by atoms with Crippen LogP contribution in [0.3, 0.4) is 0 Å². The molecule has 0 amide bonds. The number of aryl methyl sites for hydroxylation is 1. The zero-order valence-electron chi connectivity index (χ0n) is 15.4. The van der Waals surface area contributed by atoms with Gasteiger partial charge in [-0.2, -0.15) is 0 Å². The minimum atomic E-state index is 0.515. The van der Waals surface area contributed by atoms with Gasteiger partial charge in [0.05, 0.1) is 12.8 Å². The van der Waals surface area contributed by atoms with Gasteiger partial charge in [-0.3, -0.25) is 0 Å². The Hall–Kier alpha value is -3.28. The molecule has 0 spiro atoms. The summed E-state index contributed by atoms with van der Waals surface area (Å²) < 4.78 is 16.8. The van der Waals surface area contributed by atoms with E-state index >= 15 is 0 Å². The van der Waals surface area contributed by atoms with Gasteiger partial charge >= 0.3 is 0 Å². The second kappa shape index (κ2) is 7.53. The van der Waals surface area contributed by atoms with Crippen molar-refractivity contribution in [1.29, 1.82) is 0 Å². The minimum Gasteiger partial charge on any atom is -0.493 e. The highest BCUT2D eigenvalue weighted by Crippen LogP contribution is 2.42. The van der Waals surface area contributed by atoms with E-state index in [4.69, 9.17) is 14.2 Å². The third kappa shape index (κ3) is 3.65. The van der Waals surface area contributed by atoms with Crippen LogP contribution in [0, 0.1) is 0 Å². The highest BCUT2D eigenvalue weighted by Gasteiger charge is 2.19. The van der Waals surface area contributed by atoms with Crippen LogP contribution in [0.15, 0.2) is 48.7 Å². The fourth-order valence-corrected chi connectivity index (χ4v) is 3.00. The number of benzene rings is 2.